The molecule has 3 heteroatoms. The van der Waals surface area contributed by atoms with Gasteiger partial charge in [-0.2, -0.15) is 0 Å². The van der Waals surface area contributed by atoms with E-state index >= 15 is 0 Å². The number of hydrogen-bond donors (Lipinski definition) is 0. The van der Waals surface area contributed by atoms with E-state index in [0.29, 0.717) is 17.7 Å². The number of piperidine rings is 1. The van der Waals surface area contributed by atoms with Crippen LogP contribution in [-0.2, 0) is 4.79 Å². The summed E-state index contributed by atoms with van der Waals surface area (Å²) >= 11 is 0. The molecule has 0 radical (unpaired) electrons. The fourth-order valence-electron chi connectivity index (χ4n) is 3.59. The average Bonchev–Trinajstić information content (AvgIpc) is 2.32. The Morgan fingerprint density at radius 3 is 2.59 bits per heavy atom. The minimum absolute atomic E-state index is 0.349. The van der Waals surface area contributed by atoms with Crippen LogP contribution in [0.5, 0.6) is 0 Å². The molecular weight excluding hydrogens is 209 g/mol. The van der Waals surface area contributed by atoms with E-state index in [1.54, 1.807) is 0 Å². The van der Waals surface area contributed by atoms with Crippen LogP contribution >= 0.6 is 0 Å². The van der Waals surface area contributed by atoms with Crippen molar-refractivity contribution in [3.05, 3.63) is 0 Å². The van der Waals surface area contributed by atoms with Crippen LogP contribution in [0.2, 0.25) is 5.82 Å². The molecule has 2 aliphatic rings. The third-order valence-electron chi connectivity index (χ3n) is 4.83. The molecule has 17 heavy (non-hydrogen) atoms. The monoisotopic (exact) mass is 235 g/mol. The SMILES string of the molecule is BC1CCCCC2C(=O)N(C)CCC2CCC1. The zero-order chi connectivity index (χ0) is 12.3. The van der Waals surface area contributed by atoms with Gasteiger partial charge in [-0.05, 0) is 25.2 Å². The Hall–Kier alpha value is -0.465. The van der Waals surface area contributed by atoms with E-state index in [1.807, 2.05) is 11.9 Å². The van der Waals surface area contributed by atoms with Gasteiger partial charge in [-0.25, -0.2) is 0 Å². The van der Waals surface area contributed by atoms with Crippen molar-refractivity contribution < 1.29 is 4.79 Å². The fraction of sp³-hybridized carbons (Fsp3) is 0.929. The summed E-state index contributed by atoms with van der Waals surface area (Å²) in [6.45, 7) is 0.982. The van der Waals surface area contributed by atoms with Gasteiger partial charge in [0.15, 0.2) is 0 Å². The quantitative estimate of drug-likeness (QED) is 0.590. The molecule has 3 unspecified atom stereocenters. The summed E-state index contributed by atoms with van der Waals surface area (Å²) < 4.78 is 0. The van der Waals surface area contributed by atoms with E-state index in [1.165, 1.54) is 44.9 Å². The summed E-state index contributed by atoms with van der Waals surface area (Å²) in [5.41, 5.74) is 0. The first-order valence-electron chi connectivity index (χ1n) is 7.43. The Balaban J connectivity index is 1.98. The van der Waals surface area contributed by atoms with Crippen molar-refractivity contribution in [2.45, 2.75) is 57.2 Å². The summed E-state index contributed by atoms with van der Waals surface area (Å²) in [4.78, 5) is 14.2. The molecule has 2 fully saturated rings. The van der Waals surface area contributed by atoms with Crippen molar-refractivity contribution in [3.63, 3.8) is 0 Å². The zero-order valence-electron chi connectivity index (χ0n) is 11.5. The van der Waals surface area contributed by atoms with Gasteiger partial charge in [-0.15, -0.1) is 0 Å². The molecule has 0 spiro atoms. The number of carbonyl (C=O) groups excluding carboxylic acids is 1. The van der Waals surface area contributed by atoms with Crippen LogP contribution in [0.25, 0.3) is 0 Å². The normalized spacial score (nSPS) is 36.4. The largest absolute Gasteiger partial charge is 0.346 e. The van der Waals surface area contributed by atoms with Crippen LogP contribution in [0, 0.1) is 11.8 Å². The molecule has 0 aromatic rings. The highest BCUT2D eigenvalue weighted by atomic mass is 16.2. The first-order chi connectivity index (χ1) is 8.18. The number of amides is 1. The topological polar surface area (TPSA) is 20.3 Å². The summed E-state index contributed by atoms with van der Waals surface area (Å²) in [6, 6.07) is 0. The number of hydrogen-bond acceptors (Lipinski definition) is 1. The molecule has 2 nitrogen and oxygen atoms in total. The molecule has 96 valence electrons. The van der Waals surface area contributed by atoms with Crippen molar-refractivity contribution in [3.8, 4) is 0 Å². The van der Waals surface area contributed by atoms with Crippen LogP contribution in [-0.4, -0.2) is 32.2 Å². The zero-order valence-corrected chi connectivity index (χ0v) is 11.5. The molecule has 1 aliphatic carbocycles. The van der Waals surface area contributed by atoms with Crippen molar-refractivity contribution in [2.75, 3.05) is 13.6 Å². The number of likely N-dealkylation sites (tertiary alicyclic amines) is 1. The average molecular weight is 235 g/mol. The summed E-state index contributed by atoms with van der Waals surface area (Å²) in [5, 5.41) is 0. The Kier molecular flexibility index (Phi) is 4.52. The second-order valence-electron chi connectivity index (χ2n) is 6.24. The van der Waals surface area contributed by atoms with Gasteiger partial charge in [-0.1, -0.05) is 37.9 Å². The van der Waals surface area contributed by atoms with Gasteiger partial charge in [0.25, 0.3) is 0 Å². The van der Waals surface area contributed by atoms with Crippen LogP contribution in [0.4, 0.5) is 0 Å². The van der Waals surface area contributed by atoms with E-state index in [9.17, 15) is 4.79 Å². The molecule has 3 atom stereocenters. The summed E-state index contributed by atoms with van der Waals surface area (Å²) in [6.07, 6.45) is 10.3. The maximum atomic E-state index is 12.2. The number of nitrogens with zero attached hydrogens (tertiary/aromatic N) is 1. The van der Waals surface area contributed by atoms with Gasteiger partial charge in [0, 0.05) is 19.5 Å². The Labute approximate surface area is 107 Å². The van der Waals surface area contributed by atoms with E-state index < -0.39 is 0 Å². The lowest BCUT2D eigenvalue weighted by atomic mass is 9.73. The van der Waals surface area contributed by atoms with E-state index in [0.717, 1.165) is 18.8 Å². The Morgan fingerprint density at radius 2 is 1.76 bits per heavy atom. The van der Waals surface area contributed by atoms with Gasteiger partial charge in [-0.3, -0.25) is 4.79 Å². The van der Waals surface area contributed by atoms with Crippen LogP contribution in [0.3, 0.4) is 0 Å². The molecule has 1 amide bonds. The number of rotatable bonds is 0. The Morgan fingerprint density at radius 1 is 1.06 bits per heavy atom. The first-order valence-corrected chi connectivity index (χ1v) is 7.43. The fourth-order valence-corrected chi connectivity index (χ4v) is 3.59. The molecule has 0 bridgehead atoms. The van der Waals surface area contributed by atoms with Crippen LogP contribution in [0.15, 0.2) is 0 Å². The van der Waals surface area contributed by atoms with Crippen LogP contribution < -0.4 is 0 Å². The third-order valence-corrected chi connectivity index (χ3v) is 4.83. The molecule has 0 N–H and O–H groups in total. The second kappa shape index (κ2) is 5.93. The van der Waals surface area contributed by atoms with Gasteiger partial charge in [0.1, 0.15) is 7.85 Å². The molecule has 0 aromatic heterocycles. The van der Waals surface area contributed by atoms with E-state index in [-0.39, 0.29) is 0 Å². The minimum atomic E-state index is 0.349. The lowest BCUT2D eigenvalue weighted by Crippen LogP contribution is -2.43. The highest BCUT2D eigenvalue weighted by Gasteiger charge is 2.34. The van der Waals surface area contributed by atoms with Gasteiger partial charge in [0.05, 0.1) is 0 Å². The molecule has 1 aliphatic heterocycles. The number of fused-ring (bicyclic) bond motifs is 1. The standard InChI is InChI=1S/C14H26BNO/c1-16-10-9-11-5-4-7-12(15)6-2-3-8-13(11)14(16)17/h11-13H,2-10,15H2,1H3. The smallest absolute Gasteiger partial charge is 0.225 e. The highest BCUT2D eigenvalue weighted by Crippen LogP contribution is 2.35. The first kappa shape index (κ1) is 13.0. The van der Waals surface area contributed by atoms with Crippen molar-refractivity contribution in [1.82, 2.24) is 4.90 Å². The lowest BCUT2D eigenvalue weighted by molar-refractivity contribution is -0.140. The predicted molar refractivity (Wildman–Crippen MR) is 73.8 cm³/mol. The maximum absolute atomic E-state index is 12.2. The van der Waals surface area contributed by atoms with Crippen molar-refractivity contribution >= 4 is 13.8 Å². The Bertz CT molecular complexity index is 269. The predicted octanol–water partition coefficient (Wildman–Crippen LogP) is 2.25. The van der Waals surface area contributed by atoms with Crippen molar-refractivity contribution in [1.29, 1.82) is 0 Å². The van der Waals surface area contributed by atoms with Gasteiger partial charge in [0.2, 0.25) is 5.91 Å². The van der Waals surface area contributed by atoms with Crippen LogP contribution in [0.1, 0.15) is 51.4 Å². The summed E-state index contributed by atoms with van der Waals surface area (Å²) in [5.74, 6) is 2.36. The molecule has 1 saturated heterocycles. The molecule has 1 saturated carbocycles. The minimum Gasteiger partial charge on any atom is -0.346 e. The number of carbonyl (C=O) groups is 1. The molecule has 1 heterocycles. The van der Waals surface area contributed by atoms with Gasteiger partial charge >= 0.3 is 0 Å². The van der Waals surface area contributed by atoms with Crippen molar-refractivity contribution in [2.24, 2.45) is 11.8 Å². The maximum Gasteiger partial charge on any atom is 0.225 e. The van der Waals surface area contributed by atoms with Gasteiger partial charge < -0.3 is 4.90 Å². The second-order valence-corrected chi connectivity index (χ2v) is 6.24. The van der Waals surface area contributed by atoms with E-state index in [4.69, 9.17) is 0 Å². The molecule has 2 rings (SSSR count). The lowest BCUT2D eigenvalue weighted by Gasteiger charge is -2.37. The molecular formula is C14H26BNO. The molecule has 0 aromatic carbocycles. The van der Waals surface area contributed by atoms with E-state index in [2.05, 4.69) is 7.85 Å². The third kappa shape index (κ3) is 3.26. The highest BCUT2D eigenvalue weighted by molar-refractivity contribution is 6.11. The summed E-state index contributed by atoms with van der Waals surface area (Å²) in [7, 11) is 4.36.